The Morgan fingerprint density at radius 1 is 1.26 bits per heavy atom. The molecule has 0 aromatic rings. The first-order valence-electron chi connectivity index (χ1n) is 7.80. The monoisotopic (exact) mass is 265 g/mol. The summed E-state index contributed by atoms with van der Waals surface area (Å²) in [6.45, 7) is 4.40. The van der Waals surface area contributed by atoms with Crippen LogP contribution < -0.4 is 11.1 Å². The third-order valence-corrected chi connectivity index (χ3v) is 5.72. The highest BCUT2D eigenvalue weighted by Gasteiger charge is 2.49. The van der Waals surface area contributed by atoms with Crippen LogP contribution >= 0.6 is 0 Å². The summed E-state index contributed by atoms with van der Waals surface area (Å²) >= 11 is 0. The van der Waals surface area contributed by atoms with Crippen LogP contribution in [-0.4, -0.2) is 43.0 Å². The fourth-order valence-electron chi connectivity index (χ4n) is 4.57. The molecule has 3 aliphatic rings. The third kappa shape index (κ3) is 2.40. The number of carbonyl (C=O) groups is 1. The smallest absolute Gasteiger partial charge is 0.225 e. The van der Waals surface area contributed by atoms with E-state index in [-0.39, 0.29) is 17.9 Å². The van der Waals surface area contributed by atoms with Crippen molar-refractivity contribution in [2.24, 2.45) is 29.4 Å². The predicted molar refractivity (Wildman–Crippen MR) is 75.5 cm³/mol. The van der Waals surface area contributed by atoms with Gasteiger partial charge >= 0.3 is 0 Å². The largest absolute Gasteiger partial charge is 0.353 e. The Morgan fingerprint density at radius 3 is 2.63 bits per heavy atom. The van der Waals surface area contributed by atoms with Gasteiger partial charge in [0.15, 0.2) is 0 Å². The average molecular weight is 265 g/mol. The lowest BCUT2D eigenvalue weighted by Gasteiger charge is -2.37. The van der Waals surface area contributed by atoms with Crippen molar-refractivity contribution in [1.82, 2.24) is 10.2 Å². The molecule has 0 radical (unpaired) electrons. The number of rotatable bonds is 2. The van der Waals surface area contributed by atoms with Gasteiger partial charge in [-0.3, -0.25) is 4.79 Å². The van der Waals surface area contributed by atoms with Crippen molar-refractivity contribution in [1.29, 1.82) is 0 Å². The SMILES string of the molecule is CC1CN(C)CCC1NC(=O)C1C2CCC(C2)C1N. The van der Waals surface area contributed by atoms with Gasteiger partial charge in [0.05, 0.1) is 5.92 Å². The molecule has 108 valence electrons. The van der Waals surface area contributed by atoms with Gasteiger partial charge in [-0.1, -0.05) is 6.92 Å². The Labute approximate surface area is 116 Å². The molecule has 1 aliphatic heterocycles. The van der Waals surface area contributed by atoms with Crippen LogP contribution in [0.3, 0.4) is 0 Å². The fourth-order valence-corrected chi connectivity index (χ4v) is 4.57. The van der Waals surface area contributed by atoms with Crippen LogP contribution in [0.25, 0.3) is 0 Å². The van der Waals surface area contributed by atoms with Crippen molar-refractivity contribution in [3.8, 4) is 0 Å². The number of fused-ring (bicyclic) bond motifs is 2. The van der Waals surface area contributed by atoms with Gasteiger partial charge in [-0.2, -0.15) is 0 Å². The molecule has 1 saturated heterocycles. The van der Waals surface area contributed by atoms with Crippen molar-refractivity contribution in [3.63, 3.8) is 0 Å². The zero-order chi connectivity index (χ0) is 13.6. The van der Waals surface area contributed by atoms with Crippen molar-refractivity contribution in [2.75, 3.05) is 20.1 Å². The van der Waals surface area contributed by atoms with E-state index in [1.807, 2.05) is 0 Å². The molecule has 19 heavy (non-hydrogen) atoms. The van der Waals surface area contributed by atoms with Crippen LogP contribution in [0.15, 0.2) is 0 Å². The maximum atomic E-state index is 12.5. The van der Waals surface area contributed by atoms with Crippen LogP contribution in [0, 0.1) is 23.7 Å². The first kappa shape index (κ1) is 13.4. The number of nitrogens with two attached hydrogens (primary N) is 1. The number of hydrogen-bond acceptors (Lipinski definition) is 3. The number of hydrogen-bond donors (Lipinski definition) is 2. The maximum absolute atomic E-state index is 12.5. The minimum absolute atomic E-state index is 0.0885. The molecule has 2 aliphatic carbocycles. The molecule has 0 spiro atoms. The van der Waals surface area contributed by atoms with Crippen LogP contribution in [0.2, 0.25) is 0 Å². The van der Waals surface area contributed by atoms with E-state index in [0.717, 1.165) is 19.5 Å². The van der Waals surface area contributed by atoms with Gasteiger partial charge in [-0.05, 0) is 57.0 Å². The van der Waals surface area contributed by atoms with Crippen LogP contribution in [0.5, 0.6) is 0 Å². The summed E-state index contributed by atoms with van der Waals surface area (Å²) in [4.78, 5) is 14.9. The van der Waals surface area contributed by atoms with E-state index in [1.165, 1.54) is 19.3 Å². The topological polar surface area (TPSA) is 58.4 Å². The summed E-state index contributed by atoms with van der Waals surface area (Å²) in [6.07, 6.45) is 4.70. The number of likely N-dealkylation sites (tertiary alicyclic amines) is 1. The highest BCUT2D eigenvalue weighted by molar-refractivity contribution is 5.80. The van der Waals surface area contributed by atoms with Crippen molar-refractivity contribution >= 4 is 5.91 Å². The molecule has 0 aromatic heterocycles. The lowest BCUT2D eigenvalue weighted by atomic mass is 9.83. The van der Waals surface area contributed by atoms with Gasteiger partial charge in [0.25, 0.3) is 0 Å². The fraction of sp³-hybridized carbons (Fsp3) is 0.933. The molecular weight excluding hydrogens is 238 g/mol. The van der Waals surface area contributed by atoms with Crippen molar-refractivity contribution < 1.29 is 4.79 Å². The molecule has 3 N–H and O–H groups in total. The number of piperidine rings is 1. The summed E-state index contributed by atoms with van der Waals surface area (Å²) in [5, 5.41) is 3.30. The van der Waals surface area contributed by atoms with Gasteiger partial charge in [0.1, 0.15) is 0 Å². The van der Waals surface area contributed by atoms with E-state index in [2.05, 4.69) is 24.2 Å². The molecule has 6 unspecified atom stereocenters. The Morgan fingerprint density at radius 2 is 2.00 bits per heavy atom. The Kier molecular flexibility index (Phi) is 3.56. The third-order valence-electron chi connectivity index (χ3n) is 5.72. The summed E-state index contributed by atoms with van der Waals surface area (Å²) in [5.41, 5.74) is 6.26. The van der Waals surface area contributed by atoms with E-state index in [9.17, 15) is 4.79 Å². The van der Waals surface area contributed by atoms with Gasteiger partial charge in [-0.15, -0.1) is 0 Å². The van der Waals surface area contributed by atoms with Gasteiger partial charge in [0.2, 0.25) is 5.91 Å². The van der Waals surface area contributed by atoms with Gasteiger partial charge < -0.3 is 16.0 Å². The normalized spacial score (nSPS) is 46.5. The molecule has 0 aromatic carbocycles. The molecule has 1 heterocycles. The molecule has 4 nitrogen and oxygen atoms in total. The molecule has 3 fully saturated rings. The van der Waals surface area contributed by atoms with Crippen LogP contribution in [0.1, 0.15) is 32.6 Å². The quantitative estimate of drug-likeness (QED) is 0.777. The molecule has 2 saturated carbocycles. The van der Waals surface area contributed by atoms with Crippen LogP contribution in [-0.2, 0) is 4.79 Å². The maximum Gasteiger partial charge on any atom is 0.225 e. The van der Waals surface area contributed by atoms with Gasteiger partial charge in [-0.25, -0.2) is 0 Å². The second kappa shape index (κ2) is 5.06. The number of nitrogens with one attached hydrogen (secondary N) is 1. The lowest BCUT2D eigenvalue weighted by molar-refractivity contribution is -0.128. The van der Waals surface area contributed by atoms with Crippen LogP contribution in [0.4, 0.5) is 0 Å². The summed E-state index contributed by atoms with van der Waals surface area (Å²) in [7, 11) is 2.15. The minimum Gasteiger partial charge on any atom is -0.353 e. The number of nitrogens with zero attached hydrogens (tertiary/aromatic N) is 1. The Balaban J connectivity index is 1.59. The Hall–Kier alpha value is -0.610. The predicted octanol–water partition coefficient (Wildman–Crippen LogP) is 0.816. The molecule has 3 rings (SSSR count). The lowest BCUT2D eigenvalue weighted by Crippen LogP contribution is -2.53. The minimum atomic E-state index is 0.0885. The molecular formula is C15H27N3O. The van der Waals surface area contributed by atoms with E-state index in [0.29, 0.717) is 23.8 Å². The Bertz CT molecular complexity index is 357. The average Bonchev–Trinajstić information content (AvgIpc) is 2.93. The first-order valence-corrected chi connectivity index (χ1v) is 7.80. The second-order valence-electron chi connectivity index (χ2n) is 7.08. The summed E-state index contributed by atoms with van der Waals surface area (Å²) in [5.74, 6) is 2.03. The first-order chi connectivity index (χ1) is 9.06. The molecule has 4 heteroatoms. The molecule has 6 atom stereocenters. The highest BCUT2D eigenvalue weighted by atomic mass is 16.2. The van der Waals surface area contributed by atoms with E-state index in [1.54, 1.807) is 0 Å². The van der Waals surface area contributed by atoms with Crippen molar-refractivity contribution in [3.05, 3.63) is 0 Å². The summed E-state index contributed by atoms with van der Waals surface area (Å²) < 4.78 is 0. The van der Waals surface area contributed by atoms with E-state index < -0.39 is 0 Å². The molecule has 1 amide bonds. The highest BCUT2D eigenvalue weighted by Crippen LogP contribution is 2.47. The zero-order valence-electron chi connectivity index (χ0n) is 12.1. The van der Waals surface area contributed by atoms with Gasteiger partial charge in [0, 0.05) is 18.6 Å². The standard InChI is InChI=1S/C15H27N3O/c1-9-8-18(2)6-5-12(9)17-15(19)13-10-3-4-11(7-10)14(13)16/h9-14H,3-8,16H2,1-2H3,(H,17,19). The number of carbonyl (C=O) groups excluding carboxylic acids is 1. The van der Waals surface area contributed by atoms with E-state index in [4.69, 9.17) is 5.73 Å². The zero-order valence-corrected chi connectivity index (χ0v) is 12.1. The van der Waals surface area contributed by atoms with E-state index >= 15 is 0 Å². The molecule has 2 bridgehead atoms. The number of amides is 1. The summed E-state index contributed by atoms with van der Waals surface area (Å²) in [6, 6.07) is 0.454. The van der Waals surface area contributed by atoms with Crippen molar-refractivity contribution in [2.45, 2.75) is 44.7 Å². The second-order valence-corrected chi connectivity index (χ2v) is 7.08.